The van der Waals surface area contributed by atoms with Gasteiger partial charge >= 0.3 is 0 Å². The lowest BCUT2D eigenvalue weighted by atomic mass is 9.77. The maximum absolute atomic E-state index is 5.93. The molecule has 0 radical (unpaired) electrons. The smallest absolute Gasteiger partial charge is 0.0847 e. The number of hydrogen-bond donors (Lipinski definition) is 2. The highest BCUT2D eigenvalue weighted by Crippen LogP contribution is 2.35. The standard InChI is InChI=1S/C17H28N2O/c1-13-7-8-14(2)15(11-13)12-16(19-18)17(20-3)9-5-4-6-10-17/h7-8,11,16,19H,4-6,9-10,12,18H2,1-3H3. The fourth-order valence-electron chi connectivity index (χ4n) is 3.48. The highest BCUT2D eigenvalue weighted by Gasteiger charge is 2.39. The van der Waals surface area contributed by atoms with Gasteiger partial charge in [-0.3, -0.25) is 11.3 Å². The molecule has 1 aromatic carbocycles. The third kappa shape index (κ3) is 3.22. The number of methoxy groups -OCH3 is 1. The van der Waals surface area contributed by atoms with E-state index in [9.17, 15) is 0 Å². The lowest BCUT2D eigenvalue weighted by Gasteiger charge is -2.42. The minimum atomic E-state index is -0.108. The monoisotopic (exact) mass is 276 g/mol. The van der Waals surface area contributed by atoms with Crippen LogP contribution in [0.4, 0.5) is 0 Å². The summed E-state index contributed by atoms with van der Waals surface area (Å²) in [5.74, 6) is 5.87. The normalized spacial score (nSPS) is 19.8. The van der Waals surface area contributed by atoms with Crippen molar-refractivity contribution in [1.29, 1.82) is 0 Å². The summed E-state index contributed by atoms with van der Waals surface area (Å²) in [6.45, 7) is 4.31. The molecule has 1 aliphatic carbocycles. The van der Waals surface area contributed by atoms with Crippen LogP contribution in [0.25, 0.3) is 0 Å². The SMILES string of the molecule is COC1(C(Cc2cc(C)ccc2C)NN)CCCCC1. The van der Waals surface area contributed by atoms with Crippen molar-refractivity contribution < 1.29 is 4.74 Å². The van der Waals surface area contributed by atoms with E-state index in [0.717, 1.165) is 19.3 Å². The van der Waals surface area contributed by atoms with Gasteiger partial charge in [0.25, 0.3) is 0 Å². The largest absolute Gasteiger partial charge is 0.377 e. The van der Waals surface area contributed by atoms with E-state index in [4.69, 9.17) is 10.6 Å². The number of rotatable bonds is 5. The number of hydrogen-bond acceptors (Lipinski definition) is 3. The van der Waals surface area contributed by atoms with Crippen LogP contribution in [0.15, 0.2) is 18.2 Å². The second-order valence-electron chi connectivity index (χ2n) is 6.18. The van der Waals surface area contributed by atoms with Crippen LogP contribution < -0.4 is 11.3 Å². The Kier molecular flexibility index (Phi) is 5.19. The molecular weight excluding hydrogens is 248 g/mol. The van der Waals surface area contributed by atoms with Crippen molar-refractivity contribution in [2.24, 2.45) is 5.84 Å². The number of nitrogens with two attached hydrogens (primary N) is 1. The fraction of sp³-hybridized carbons (Fsp3) is 0.647. The first-order valence-electron chi connectivity index (χ1n) is 7.69. The van der Waals surface area contributed by atoms with Gasteiger partial charge in [0.2, 0.25) is 0 Å². The molecule has 0 saturated heterocycles. The van der Waals surface area contributed by atoms with Crippen LogP contribution in [-0.2, 0) is 11.2 Å². The Labute approximate surface area is 122 Å². The summed E-state index contributed by atoms with van der Waals surface area (Å²) in [5, 5.41) is 0. The lowest BCUT2D eigenvalue weighted by molar-refractivity contribution is -0.0674. The topological polar surface area (TPSA) is 47.3 Å². The van der Waals surface area contributed by atoms with Gasteiger partial charge in [-0.2, -0.15) is 0 Å². The van der Waals surface area contributed by atoms with Crippen molar-refractivity contribution in [2.75, 3.05) is 7.11 Å². The van der Waals surface area contributed by atoms with E-state index in [0.29, 0.717) is 0 Å². The third-order valence-electron chi connectivity index (χ3n) is 4.87. The van der Waals surface area contributed by atoms with Gasteiger partial charge in [-0.15, -0.1) is 0 Å². The van der Waals surface area contributed by atoms with Gasteiger partial charge in [-0.1, -0.05) is 43.0 Å². The van der Waals surface area contributed by atoms with E-state index in [-0.39, 0.29) is 11.6 Å². The summed E-state index contributed by atoms with van der Waals surface area (Å²) >= 11 is 0. The Bertz CT molecular complexity index is 439. The molecule has 0 amide bonds. The van der Waals surface area contributed by atoms with Gasteiger partial charge in [-0.25, -0.2) is 0 Å². The number of benzene rings is 1. The van der Waals surface area contributed by atoms with Gasteiger partial charge in [0, 0.05) is 7.11 Å². The molecule has 1 atom stereocenters. The Balaban J connectivity index is 2.21. The van der Waals surface area contributed by atoms with Crippen molar-refractivity contribution in [2.45, 2.75) is 64.0 Å². The van der Waals surface area contributed by atoms with Crippen molar-refractivity contribution in [3.63, 3.8) is 0 Å². The molecule has 0 spiro atoms. The summed E-state index contributed by atoms with van der Waals surface area (Å²) in [6, 6.07) is 6.80. The summed E-state index contributed by atoms with van der Waals surface area (Å²) < 4.78 is 5.93. The highest BCUT2D eigenvalue weighted by atomic mass is 16.5. The highest BCUT2D eigenvalue weighted by molar-refractivity contribution is 5.31. The first-order valence-corrected chi connectivity index (χ1v) is 7.69. The Morgan fingerprint density at radius 3 is 2.55 bits per heavy atom. The molecule has 1 saturated carbocycles. The van der Waals surface area contributed by atoms with Crippen LogP contribution in [0.2, 0.25) is 0 Å². The van der Waals surface area contributed by atoms with Gasteiger partial charge in [-0.05, 0) is 44.2 Å². The zero-order chi connectivity index (χ0) is 14.6. The average Bonchev–Trinajstić information content (AvgIpc) is 2.48. The molecule has 3 heteroatoms. The Morgan fingerprint density at radius 2 is 1.95 bits per heavy atom. The Hall–Kier alpha value is -0.900. The van der Waals surface area contributed by atoms with Crippen LogP contribution in [0, 0.1) is 13.8 Å². The number of ether oxygens (including phenoxy) is 1. The second kappa shape index (κ2) is 6.70. The van der Waals surface area contributed by atoms with E-state index in [1.165, 1.54) is 36.0 Å². The third-order valence-corrected chi connectivity index (χ3v) is 4.87. The summed E-state index contributed by atoms with van der Waals surface area (Å²) in [5.41, 5.74) is 6.93. The maximum Gasteiger partial charge on any atom is 0.0847 e. The van der Waals surface area contributed by atoms with Crippen LogP contribution >= 0.6 is 0 Å². The predicted molar refractivity (Wildman–Crippen MR) is 83.6 cm³/mol. The van der Waals surface area contributed by atoms with Crippen LogP contribution in [0.1, 0.15) is 48.8 Å². The van der Waals surface area contributed by atoms with Crippen LogP contribution in [-0.4, -0.2) is 18.8 Å². The molecule has 3 N–H and O–H groups in total. The summed E-state index contributed by atoms with van der Waals surface area (Å²) in [7, 11) is 1.83. The summed E-state index contributed by atoms with van der Waals surface area (Å²) in [4.78, 5) is 0. The minimum absolute atomic E-state index is 0.108. The molecule has 1 unspecified atom stereocenters. The van der Waals surface area contributed by atoms with Gasteiger partial charge in [0.05, 0.1) is 11.6 Å². The van der Waals surface area contributed by atoms with E-state index in [1.807, 2.05) is 7.11 Å². The molecule has 0 aliphatic heterocycles. The van der Waals surface area contributed by atoms with E-state index in [2.05, 4.69) is 37.5 Å². The van der Waals surface area contributed by atoms with Gasteiger partial charge < -0.3 is 4.74 Å². The average molecular weight is 276 g/mol. The number of nitrogens with one attached hydrogen (secondary N) is 1. The van der Waals surface area contributed by atoms with E-state index < -0.39 is 0 Å². The molecule has 3 nitrogen and oxygen atoms in total. The molecule has 1 fully saturated rings. The van der Waals surface area contributed by atoms with Crippen molar-refractivity contribution in [3.05, 3.63) is 34.9 Å². The molecule has 2 rings (SSSR count). The first kappa shape index (κ1) is 15.5. The van der Waals surface area contributed by atoms with Crippen LogP contribution in [0.5, 0.6) is 0 Å². The molecular formula is C17H28N2O. The number of hydrazine groups is 1. The predicted octanol–water partition coefficient (Wildman–Crippen LogP) is 3.03. The molecule has 1 aliphatic rings. The molecule has 0 aromatic heterocycles. The Morgan fingerprint density at radius 1 is 1.25 bits per heavy atom. The molecule has 0 heterocycles. The minimum Gasteiger partial charge on any atom is -0.377 e. The molecule has 0 bridgehead atoms. The molecule has 1 aromatic rings. The van der Waals surface area contributed by atoms with Gasteiger partial charge in [0.1, 0.15) is 0 Å². The second-order valence-corrected chi connectivity index (χ2v) is 6.18. The van der Waals surface area contributed by atoms with Gasteiger partial charge in [0.15, 0.2) is 0 Å². The van der Waals surface area contributed by atoms with Crippen molar-refractivity contribution in [3.8, 4) is 0 Å². The first-order chi connectivity index (χ1) is 9.61. The fourth-order valence-corrected chi connectivity index (χ4v) is 3.48. The van der Waals surface area contributed by atoms with E-state index in [1.54, 1.807) is 0 Å². The van der Waals surface area contributed by atoms with Crippen LogP contribution in [0.3, 0.4) is 0 Å². The van der Waals surface area contributed by atoms with E-state index >= 15 is 0 Å². The molecule has 20 heavy (non-hydrogen) atoms. The number of aryl methyl sites for hydroxylation is 2. The zero-order valence-electron chi connectivity index (χ0n) is 13.0. The van der Waals surface area contributed by atoms with Crippen molar-refractivity contribution in [1.82, 2.24) is 5.43 Å². The van der Waals surface area contributed by atoms with Crippen molar-refractivity contribution >= 4 is 0 Å². The zero-order valence-corrected chi connectivity index (χ0v) is 13.0. The maximum atomic E-state index is 5.93. The quantitative estimate of drug-likeness (QED) is 0.642. The lowest BCUT2D eigenvalue weighted by Crippen LogP contribution is -2.56. The summed E-state index contributed by atoms with van der Waals surface area (Å²) in [6.07, 6.45) is 6.91. The molecule has 112 valence electrons.